The first-order chi connectivity index (χ1) is 7.89. The molecule has 0 spiro atoms. The summed E-state index contributed by atoms with van der Waals surface area (Å²) in [7, 11) is 0. The molecule has 94 valence electrons. The summed E-state index contributed by atoms with van der Waals surface area (Å²) in [4.78, 5) is 10.5. The van der Waals surface area contributed by atoms with Crippen LogP contribution in [0.15, 0.2) is 24.3 Å². The molecule has 0 saturated heterocycles. The van der Waals surface area contributed by atoms with Crippen molar-refractivity contribution in [2.45, 2.75) is 19.0 Å². The third kappa shape index (κ3) is 4.76. The predicted molar refractivity (Wildman–Crippen MR) is 53.9 cm³/mol. The molecule has 0 heterocycles. The number of ketones is 1. The largest absolute Gasteiger partial charge is 0.508 e. The molecule has 17 heavy (non-hydrogen) atoms. The monoisotopic (exact) mass is 248 g/mol. The maximum absolute atomic E-state index is 11.8. The van der Waals surface area contributed by atoms with Crippen LogP contribution in [0, 0.1) is 0 Å². The highest BCUT2D eigenvalue weighted by Gasteiger charge is 2.37. The summed E-state index contributed by atoms with van der Waals surface area (Å²) in [6.07, 6.45) is -5.35. The lowest BCUT2D eigenvalue weighted by Gasteiger charge is -2.07. The van der Waals surface area contributed by atoms with Crippen LogP contribution in [0.2, 0.25) is 0 Å². The van der Waals surface area contributed by atoms with Crippen LogP contribution in [0.1, 0.15) is 12.8 Å². The molecule has 1 N–H and O–H groups in total. The lowest BCUT2D eigenvalue weighted by Crippen LogP contribution is -2.22. The molecule has 1 rings (SSSR count). The molecule has 0 aromatic heterocycles. The summed E-state index contributed by atoms with van der Waals surface area (Å²) in [5, 5.41) is 8.97. The van der Waals surface area contributed by atoms with Crippen molar-refractivity contribution in [3.8, 4) is 11.5 Å². The molecule has 0 amide bonds. The number of aromatic hydroxyl groups is 1. The molecule has 0 aliphatic heterocycles. The van der Waals surface area contributed by atoms with Crippen LogP contribution < -0.4 is 4.74 Å². The number of ether oxygens (including phenoxy) is 1. The Morgan fingerprint density at radius 2 is 1.82 bits per heavy atom. The highest BCUT2D eigenvalue weighted by Crippen LogP contribution is 2.19. The molecule has 1 aromatic rings. The first-order valence-corrected chi connectivity index (χ1v) is 4.91. The third-order valence-electron chi connectivity index (χ3n) is 1.97. The molecule has 0 saturated carbocycles. The molecule has 0 unspecified atom stereocenters. The number of hydrogen-bond acceptors (Lipinski definition) is 3. The fourth-order valence-corrected chi connectivity index (χ4v) is 1.11. The zero-order chi connectivity index (χ0) is 12.9. The number of hydrogen-bond donors (Lipinski definition) is 1. The van der Waals surface area contributed by atoms with E-state index in [0.29, 0.717) is 5.75 Å². The maximum atomic E-state index is 11.8. The number of Topliss-reactive ketones (excluding diaryl/α,β-unsaturated/α-hetero) is 1. The van der Waals surface area contributed by atoms with E-state index in [9.17, 15) is 18.0 Å². The molecule has 6 heteroatoms. The first-order valence-electron chi connectivity index (χ1n) is 4.91. The van der Waals surface area contributed by atoms with Crippen LogP contribution >= 0.6 is 0 Å². The van der Waals surface area contributed by atoms with Crippen molar-refractivity contribution in [3.05, 3.63) is 24.3 Å². The van der Waals surface area contributed by atoms with Crippen LogP contribution in [0.3, 0.4) is 0 Å². The zero-order valence-corrected chi connectivity index (χ0v) is 8.83. The quantitative estimate of drug-likeness (QED) is 0.815. The minimum atomic E-state index is -4.77. The molecule has 1 aromatic carbocycles. The summed E-state index contributed by atoms with van der Waals surface area (Å²) in [5.74, 6) is -1.24. The zero-order valence-electron chi connectivity index (χ0n) is 8.83. The van der Waals surface area contributed by atoms with Crippen LogP contribution in [-0.2, 0) is 4.79 Å². The van der Waals surface area contributed by atoms with E-state index in [0.717, 1.165) is 0 Å². The number of carbonyl (C=O) groups is 1. The topological polar surface area (TPSA) is 46.5 Å². The van der Waals surface area contributed by atoms with E-state index in [2.05, 4.69) is 0 Å². The molecule has 0 radical (unpaired) electrons. The minimum absolute atomic E-state index is 0.000774. The Balaban J connectivity index is 2.25. The van der Waals surface area contributed by atoms with Gasteiger partial charge in [-0.15, -0.1) is 0 Å². The normalized spacial score (nSPS) is 11.2. The Bertz CT molecular complexity index is 371. The summed E-state index contributed by atoms with van der Waals surface area (Å²) in [6, 6.07) is 5.77. The van der Waals surface area contributed by atoms with E-state index in [1.807, 2.05) is 0 Å². The van der Waals surface area contributed by atoms with Gasteiger partial charge in [0.25, 0.3) is 0 Å². The fraction of sp³-hybridized carbons (Fsp3) is 0.364. The number of phenolic OH excluding ortho intramolecular Hbond substituents is 1. The number of rotatable bonds is 5. The lowest BCUT2D eigenvalue weighted by atomic mass is 10.2. The molecule has 0 atom stereocenters. The first kappa shape index (κ1) is 13.3. The molecular weight excluding hydrogens is 237 g/mol. The molecule has 0 fully saturated rings. The minimum Gasteiger partial charge on any atom is -0.508 e. The Hall–Kier alpha value is -1.72. The second-order valence-electron chi connectivity index (χ2n) is 3.37. The SMILES string of the molecule is O=C(CCCOc1ccc(O)cc1)C(F)(F)F. The van der Waals surface area contributed by atoms with Gasteiger partial charge in [-0.05, 0) is 30.7 Å². The standard InChI is InChI=1S/C11H11F3O3/c12-11(13,14)10(16)2-1-7-17-9-5-3-8(15)4-6-9/h3-6,15H,1-2,7H2. The smallest absolute Gasteiger partial charge is 0.449 e. The van der Waals surface area contributed by atoms with Crippen LogP contribution in [-0.4, -0.2) is 23.7 Å². The molecule has 0 aliphatic rings. The molecule has 3 nitrogen and oxygen atoms in total. The van der Waals surface area contributed by atoms with Crippen molar-refractivity contribution in [3.63, 3.8) is 0 Å². The van der Waals surface area contributed by atoms with E-state index < -0.39 is 18.4 Å². The number of halogens is 3. The van der Waals surface area contributed by atoms with Crippen molar-refractivity contribution in [2.24, 2.45) is 0 Å². The van der Waals surface area contributed by atoms with E-state index in [4.69, 9.17) is 9.84 Å². The van der Waals surface area contributed by atoms with E-state index in [-0.39, 0.29) is 18.8 Å². The second kappa shape index (κ2) is 5.56. The van der Waals surface area contributed by atoms with Gasteiger partial charge in [-0.1, -0.05) is 0 Å². The average molecular weight is 248 g/mol. The van der Waals surface area contributed by atoms with Crippen LogP contribution in [0.4, 0.5) is 13.2 Å². The highest BCUT2D eigenvalue weighted by molar-refractivity contribution is 5.83. The van der Waals surface area contributed by atoms with E-state index in [1.165, 1.54) is 24.3 Å². The van der Waals surface area contributed by atoms with Gasteiger partial charge in [0.05, 0.1) is 6.61 Å². The Labute approximate surface area is 95.8 Å². The third-order valence-corrected chi connectivity index (χ3v) is 1.97. The van der Waals surface area contributed by atoms with Crippen molar-refractivity contribution < 1.29 is 27.8 Å². The lowest BCUT2D eigenvalue weighted by molar-refractivity contribution is -0.171. The van der Waals surface area contributed by atoms with Crippen molar-refractivity contribution >= 4 is 5.78 Å². The van der Waals surface area contributed by atoms with Gasteiger partial charge in [-0.25, -0.2) is 0 Å². The van der Waals surface area contributed by atoms with Crippen LogP contribution in [0.5, 0.6) is 11.5 Å². The predicted octanol–water partition coefficient (Wildman–Crippen LogP) is 2.68. The Morgan fingerprint density at radius 1 is 1.24 bits per heavy atom. The highest BCUT2D eigenvalue weighted by atomic mass is 19.4. The van der Waals surface area contributed by atoms with Gasteiger partial charge in [0.1, 0.15) is 11.5 Å². The summed E-state index contributed by atoms with van der Waals surface area (Å²) in [6.45, 7) is 0.0204. The maximum Gasteiger partial charge on any atom is 0.449 e. The van der Waals surface area contributed by atoms with Gasteiger partial charge >= 0.3 is 6.18 Å². The van der Waals surface area contributed by atoms with Gasteiger partial charge in [-0.3, -0.25) is 4.79 Å². The number of benzene rings is 1. The van der Waals surface area contributed by atoms with E-state index in [1.54, 1.807) is 0 Å². The number of carbonyl (C=O) groups excluding carboxylic acids is 1. The summed E-state index contributed by atoms with van der Waals surface area (Å²) < 4.78 is 40.6. The van der Waals surface area contributed by atoms with Gasteiger partial charge in [-0.2, -0.15) is 13.2 Å². The van der Waals surface area contributed by atoms with Crippen molar-refractivity contribution in [2.75, 3.05) is 6.61 Å². The average Bonchev–Trinajstić information content (AvgIpc) is 2.25. The van der Waals surface area contributed by atoms with Gasteiger partial charge in [0, 0.05) is 6.42 Å². The van der Waals surface area contributed by atoms with E-state index >= 15 is 0 Å². The Morgan fingerprint density at radius 3 is 2.35 bits per heavy atom. The number of phenols is 1. The second-order valence-corrected chi connectivity index (χ2v) is 3.37. The number of alkyl halides is 3. The summed E-state index contributed by atoms with van der Waals surface area (Å²) >= 11 is 0. The summed E-state index contributed by atoms with van der Waals surface area (Å²) in [5.41, 5.74) is 0. The van der Waals surface area contributed by atoms with Gasteiger partial charge < -0.3 is 9.84 Å². The van der Waals surface area contributed by atoms with Crippen LogP contribution in [0.25, 0.3) is 0 Å². The molecule has 0 aliphatic carbocycles. The molecular formula is C11H11F3O3. The van der Waals surface area contributed by atoms with Gasteiger partial charge in [0.15, 0.2) is 0 Å². The van der Waals surface area contributed by atoms with Crippen molar-refractivity contribution in [1.82, 2.24) is 0 Å². The fourth-order valence-electron chi connectivity index (χ4n) is 1.11. The van der Waals surface area contributed by atoms with Crippen molar-refractivity contribution in [1.29, 1.82) is 0 Å². The Kier molecular flexibility index (Phi) is 4.37. The molecule has 0 bridgehead atoms. The van der Waals surface area contributed by atoms with Gasteiger partial charge in [0.2, 0.25) is 5.78 Å².